The number of nitrogens with two attached hydrogens (primary N) is 1. The predicted octanol–water partition coefficient (Wildman–Crippen LogP) is 3.83. The number of benzene rings is 1. The molecule has 1 aromatic carbocycles. The fourth-order valence-electron chi connectivity index (χ4n) is 4.04. The number of phenolic OH excluding ortho intramolecular Hbond substituents is 1. The van der Waals surface area contributed by atoms with E-state index in [2.05, 4.69) is 10.6 Å². The van der Waals surface area contributed by atoms with Crippen molar-refractivity contribution in [1.29, 1.82) is 0 Å². The van der Waals surface area contributed by atoms with E-state index in [0.717, 1.165) is 19.3 Å². The second-order valence-corrected chi connectivity index (χ2v) is 10.7. The molecule has 0 heterocycles. The highest BCUT2D eigenvalue weighted by Crippen LogP contribution is 2.28. The number of carbonyl (C=O) groups excluding carboxylic acids is 4. The maximum absolute atomic E-state index is 14.0. The van der Waals surface area contributed by atoms with Crippen LogP contribution in [-0.2, 0) is 19.1 Å². The van der Waals surface area contributed by atoms with Crippen molar-refractivity contribution in [3.63, 3.8) is 0 Å². The van der Waals surface area contributed by atoms with Crippen LogP contribution in [-0.4, -0.2) is 58.1 Å². The molecule has 10 heteroatoms. The highest BCUT2D eigenvalue weighted by molar-refractivity contribution is 5.92. The first-order chi connectivity index (χ1) is 17.7. The monoisotopic (exact) mass is 534 g/mol. The first-order valence-corrected chi connectivity index (χ1v) is 13.4. The maximum atomic E-state index is 14.0. The molecule has 214 valence electrons. The number of phenols is 1. The summed E-state index contributed by atoms with van der Waals surface area (Å²) in [7, 11) is 0. The van der Waals surface area contributed by atoms with Gasteiger partial charge in [0.05, 0.1) is 0 Å². The topological polar surface area (TPSA) is 151 Å². The van der Waals surface area contributed by atoms with Gasteiger partial charge >= 0.3 is 6.09 Å². The SMILES string of the molecule is CCCCN(C(=O)C(CCC(N)=O)NC(=O)OC(C)(C)C)C(C(=O)NC(C)CCC)c1ccc(O)c(C)c1. The van der Waals surface area contributed by atoms with Crippen LogP contribution in [0.2, 0.25) is 0 Å². The Kier molecular flexibility index (Phi) is 13.1. The fourth-order valence-corrected chi connectivity index (χ4v) is 4.04. The number of unbranched alkanes of at least 4 members (excludes halogenated alkanes) is 1. The number of hydrogen-bond acceptors (Lipinski definition) is 6. The summed E-state index contributed by atoms with van der Waals surface area (Å²) in [6, 6.07) is 2.49. The number of aryl methyl sites for hydroxylation is 1. The van der Waals surface area contributed by atoms with Gasteiger partial charge in [-0.25, -0.2) is 4.79 Å². The molecule has 1 aromatic rings. The van der Waals surface area contributed by atoms with E-state index in [9.17, 15) is 24.3 Å². The zero-order valence-corrected chi connectivity index (χ0v) is 23.9. The molecule has 5 N–H and O–H groups in total. The lowest BCUT2D eigenvalue weighted by atomic mass is 9.98. The second-order valence-electron chi connectivity index (χ2n) is 10.7. The third-order valence-corrected chi connectivity index (χ3v) is 5.91. The standard InChI is InChI=1S/C28H46N4O6/c1-8-10-16-32(26(36)21(13-15-23(29)34)31-27(37)38-28(5,6)7)24(25(35)30-19(4)11-9-2)20-12-14-22(33)18(3)17-20/h12,14,17,19,21,24,33H,8-11,13,15-16H2,1-7H3,(H2,29,34)(H,30,35)(H,31,37). The number of nitrogens with one attached hydrogen (secondary N) is 2. The Morgan fingerprint density at radius 3 is 2.26 bits per heavy atom. The van der Waals surface area contributed by atoms with Crippen LogP contribution in [0, 0.1) is 6.92 Å². The smallest absolute Gasteiger partial charge is 0.408 e. The molecule has 3 unspecified atom stereocenters. The molecule has 0 saturated heterocycles. The van der Waals surface area contributed by atoms with Crippen LogP contribution in [0.15, 0.2) is 18.2 Å². The number of hydrogen-bond donors (Lipinski definition) is 4. The molecule has 38 heavy (non-hydrogen) atoms. The van der Waals surface area contributed by atoms with Gasteiger partial charge in [-0.1, -0.05) is 32.8 Å². The first-order valence-electron chi connectivity index (χ1n) is 13.4. The van der Waals surface area contributed by atoms with E-state index in [-0.39, 0.29) is 37.1 Å². The van der Waals surface area contributed by atoms with Crippen LogP contribution in [0.4, 0.5) is 4.79 Å². The number of amides is 4. The van der Waals surface area contributed by atoms with Gasteiger partial charge in [-0.15, -0.1) is 0 Å². The summed E-state index contributed by atoms with van der Waals surface area (Å²) in [5.41, 5.74) is 5.63. The molecule has 0 aromatic heterocycles. The number of carbonyl (C=O) groups is 4. The van der Waals surface area contributed by atoms with Crippen molar-refractivity contribution < 1.29 is 29.0 Å². The lowest BCUT2D eigenvalue weighted by molar-refractivity contribution is -0.143. The van der Waals surface area contributed by atoms with Gasteiger partial charge in [0.1, 0.15) is 23.4 Å². The molecule has 0 aliphatic heterocycles. The largest absolute Gasteiger partial charge is 0.508 e. The van der Waals surface area contributed by atoms with Gasteiger partial charge in [0.15, 0.2) is 0 Å². The molecule has 3 atom stereocenters. The predicted molar refractivity (Wildman–Crippen MR) is 146 cm³/mol. The summed E-state index contributed by atoms with van der Waals surface area (Å²) in [4.78, 5) is 53.3. The minimum atomic E-state index is -1.14. The van der Waals surface area contributed by atoms with Crippen LogP contribution < -0.4 is 16.4 Å². The summed E-state index contributed by atoms with van der Waals surface area (Å²) in [5, 5.41) is 15.7. The molecule has 4 amide bonds. The van der Waals surface area contributed by atoms with Gasteiger partial charge < -0.3 is 31.1 Å². The normalized spacial score (nSPS) is 13.7. The van der Waals surface area contributed by atoms with E-state index in [1.54, 1.807) is 39.8 Å². The number of ether oxygens (including phenoxy) is 1. The van der Waals surface area contributed by atoms with Gasteiger partial charge in [0.25, 0.3) is 0 Å². The molecule has 0 saturated carbocycles. The van der Waals surface area contributed by atoms with Gasteiger partial charge in [-0.3, -0.25) is 14.4 Å². The van der Waals surface area contributed by atoms with E-state index < -0.39 is 35.6 Å². The lowest BCUT2D eigenvalue weighted by Crippen LogP contribution is -2.54. The molecule has 10 nitrogen and oxygen atoms in total. The summed E-state index contributed by atoms with van der Waals surface area (Å²) in [5.74, 6) is -1.44. The van der Waals surface area contributed by atoms with Crippen LogP contribution in [0.3, 0.4) is 0 Å². The number of alkyl carbamates (subject to hydrolysis) is 1. The third kappa shape index (κ3) is 11.0. The van der Waals surface area contributed by atoms with Gasteiger partial charge in [-0.05, 0) is 77.1 Å². The third-order valence-electron chi connectivity index (χ3n) is 5.91. The van der Waals surface area contributed by atoms with Crippen molar-refractivity contribution in [2.45, 2.75) is 111 Å². The zero-order chi connectivity index (χ0) is 29.0. The molecule has 0 spiro atoms. The number of nitrogens with zero attached hydrogens (tertiary/aromatic N) is 1. The number of primary amides is 1. The first kappa shape index (κ1) is 32.7. The van der Waals surface area contributed by atoms with E-state index in [1.165, 1.54) is 11.0 Å². The Labute approximate surface area is 226 Å². The maximum Gasteiger partial charge on any atom is 0.408 e. The molecule has 0 radical (unpaired) electrons. The molecular weight excluding hydrogens is 488 g/mol. The van der Waals surface area contributed by atoms with E-state index >= 15 is 0 Å². The van der Waals surface area contributed by atoms with Crippen LogP contribution >= 0.6 is 0 Å². The quantitative estimate of drug-likeness (QED) is 0.285. The van der Waals surface area contributed by atoms with E-state index in [4.69, 9.17) is 10.5 Å². The van der Waals surface area contributed by atoms with Crippen molar-refractivity contribution >= 4 is 23.8 Å². The van der Waals surface area contributed by atoms with Crippen molar-refractivity contribution in [2.24, 2.45) is 5.73 Å². The Bertz CT molecular complexity index is 959. The molecule has 1 rings (SSSR count). The number of aromatic hydroxyl groups is 1. The molecule has 0 aliphatic rings. The van der Waals surface area contributed by atoms with Crippen LogP contribution in [0.5, 0.6) is 5.75 Å². The zero-order valence-electron chi connectivity index (χ0n) is 23.9. The summed E-state index contributed by atoms with van der Waals surface area (Å²) >= 11 is 0. The van der Waals surface area contributed by atoms with Crippen LogP contribution in [0.25, 0.3) is 0 Å². The highest BCUT2D eigenvalue weighted by Gasteiger charge is 2.36. The molecule has 0 aliphatic carbocycles. The van der Waals surface area contributed by atoms with Crippen molar-refractivity contribution in [3.8, 4) is 5.75 Å². The Morgan fingerprint density at radius 1 is 1.08 bits per heavy atom. The van der Waals surface area contributed by atoms with Crippen molar-refractivity contribution in [2.75, 3.05) is 6.54 Å². The summed E-state index contributed by atoms with van der Waals surface area (Å²) in [6.45, 7) is 12.9. The minimum absolute atomic E-state index is 0.0504. The molecular formula is C28H46N4O6. The summed E-state index contributed by atoms with van der Waals surface area (Å²) < 4.78 is 5.34. The fraction of sp³-hybridized carbons (Fsp3) is 0.643. The average molecular weight is 535 g/mol. The van der Waals surface area contributed by atoms with Gasteiger partial charge in [0, 0.05) is 19.0 Å². The molecule has 0 bridgehead atoms. The Balaban J connectivity index is 3.54. The number of rotatable bonds is 14. The van der Waals surface area contributed by atoms with Crippen LogP contribution in [0.1, 0.15) is 97.2 Å². The van der Waals surface area contributed by atoms with Crippen molar-refractivity contribution in [3.05, 3.63) is 29.3 Å². The second kappa shape index (κ2) is 15.2. The van der Waals surface area contributed by atoms with E-state index in [1.807, 2.05) is 20.8 Å². The van der Waals surface area contributed by atoms with Gasteiger partial charge in [0.2, 0.25) is 17.7 Å². The Morgan fingerprint density at radius 2 is 1.74 bits per heavy atom. The molecule has 0 fully saturated rings. The van der Waals surface area contributed by atoms with E-state index in [0.29, 0.717) is 17.5 Å². The lowest BCUT2D eigenvalue weighted by Gasteiger charge is -2.35. The summed E-state index contributed by atoms with van der Waals surface area (Å²) in [6.07, 6.45) is 1.99. The Hall–Kier alpha value is -3.30. The van der Waals surface area contributed by atoms with Gasteiger partial charge in [-0.2, -0.15) is 0 Å². The highest BCUT2D eigenvalue weighted by atomic mass is 16.6. The van der Waals surface area contributed by atoms with Crippen molar-refractivity contribution in [1.82, 2.24) is 15.5 Å². The minimum Gasteiger partial charge on any atom is -0.508 e. The average Bonchev–Trinajstić information content (AvgIpc) is 2.79.